The molecule has 3 aromatic rings. The smallest absolute Gasteiger partial charge is 0.254 e. The Kier molecular flexibility index (Phi) is 4.69. The zero-order valence-corrected chi connectivity index (χ0v) is 15.8. The zero-order chi connectivity index (χ0) is 19.7. The lowest BCUT2D eigenvalue weighted by molar-refractivity contribution is -0.121. The number of hydrogen-bond acceptors (Lipinski definition) is 4. The van der Waals surface area contributed by atoms with Gasteiger partial charge in [-0.15, -0.1) is 0 Å². The average Bonchev–Trinajstić information content (AvgIpc) is 2.74. The van der Waals surface area contributed by atoms with Gasteiger partial charge in [0.05, 0.1) is 12.6 Å². The third kappa shape index (κ3) is 3.29. The van der Waals surface area contributed by atoms with Crippen LogP contribution < -0.4 is 9.64 Å². The normalized spacial score (nSPS) is 17.1. The maximum absolute atomic E-state index is 13.0. The van der Waals surface area contributed by atoms with Gasteiger partial charge in [-0.05, 0) is 49.4 Å². The maximum Gasteiger partial charge on any atom is 0.254 e. The van der Waals surface area contributed by atoms with Crippen molar-refractivity contribution in [3.63, 3.8) is 0 Å². The van der Waals surface area contributed by atoms with Gasteiger partial charge in [-0.3, -0.25) is 14.6 Å². The summed E-state index contributed by atoms with van der Waals surface area (Å²) in [6.45, 7) is 2.45. The number of aromatic nitrogens is 1. The van der Waals surface area contributed by atoms with E-state index in [0.717, 1.165) is 22.3 Å². The van der Waals surface area contributed by atoms with Gasteiger partial charge in [-0.2, -0.15) is 0 Å². The first-order valence-electron chi connectivity index (χ1n) is 9.17. The van der Waals surface area contributed by atoms with Crippen LogP contribution >= 0.6 is 0 Å². The minimum atomic E-state index is -0.150. The lowest BCUT2D eigenvalue weighted by Crippen LogP contribution is -2.57. The summed E-state index contributed by atoms with van der Waals surface area (Å²) in [5.41, 5.74) is 2.12. The molecule has 6 nitrogen and oxygen atoms in total. The zero-order valence-electron chi connectivity index (χ0n) is 15.8. The maximum atomic E-state index is 13.0. The Bertz CT molecular complexity index is 1030. The topological polar surface area (TPSA) is 62.7 Å². The molecular formula is C22H21N3O3. The minimum absolute atomic E-state index is 0.0479. The average molecular weight is 375 g/mol. The van der Waals surface area contributed by atoms with Crippen LogP contribution in [0.4, 0.5) is 5.69 Å². The Morgan fingerprint density at radius 3 is 2.68 bits per heavy atom. The molecule has 2 amide bonds. The van der Waals surface area contributed by atoms with E-state index in [-0.39, 0.29) is 24.4 Å². The van der Waals surface area contributed by atoms with E-state index in [0.29, 0.717) is 12.1 Å². The van der Waals surface area contributed by atoms with Crippen molar-refractivity contribution in [2.45, 2.75) is 13.0 Å². The molecule has 2 heterocycles. The van der Waals surface area contributed by atoms with Crippen LogP contribution in [0.25, 0.3) is 10.9 Å². The number of carbonyl (C=O) groups excluding carboxylic acids is 2. The second kappa shape index (κ2) is 7.31. The van der Waals surface area contributed by atoms with Gasteiger partial charge in [0.25, 0.3) is 5.91 Å². The van der Waals surface area contributed by atoms with Crippen LogP contribution in [-0.4, -0.2) is 47.9 Å². The van der Waals surface area contributed by atoms with Gasteiger partial charge >= 0.3 is 0 Å². The van der Waals surface area contributed by atoms with Crippen molar-refractivity contribution in [2.75, 3.05) is 25.1 Å². The van der Waals surface area contributed by atoms with E-state index in [2.05, 4.69) is 4.98 Å². The number of hydrogen-bond donors (Lipinski definition) is 0. The molecule has 1 aliphatic heterocycles. The molecule has 4 rings (SSSR count). The number of piperazine rings is 1. The molecule has 1 fully saturated rings. The number of nitrogens with zero attached hydrogens (tertiary/aromatic N) is 3. The highest BCUT2D eigenvalue weighted by Gasteiger charge is 2.33. The van der Waals surface area contributed by atoms with E-state index < -0.39 is 0 Å². The molecule has 0 N–H and O–H groups in total. The van der Waals surface area contributed by atoms with Crippen LogP contribution in [-0.2, 0) is 4.79 Å². The second-order valence-corrected chi connectivity index (χ2v) is 6.90. The Labute approximate surface area is 163 Å². The lowest BCUT2D eigenvalue weighted by atomic mass is 10.1. The molecular weight excluding hydrogens is 354 g/mol. The number of benzene rings is 2. The quantitative estimate of drug-likeness (QED) is 0.706. The fourth-order valence-corrected chi connectivity index (χ4v) is 3.50. The molecule has 1 atom stereocenters. The van der Waals surface area contributed by atoms with Gasteiger partial charge in [0.15, 0.2) is 0 Å². The largest absolute Gasteiger partial charge is 0.497 e. The highest BCUT2D eigenvalue weighted by molar-refractivity contribution is 6.03. The monoisotopic (exact) mass is 375 g/mol. The van der Waals surface area contributed by atoms with Crippen molar-refractivity contribution in [3.05, 3.63) is 66.4 Å². The summed E-state index contributed by atoms with van der Waals surface area (Å²) >= 11 is 0. The minimum Gasteiger partial charge on any atom is -0.497 e. The number of amides is 2. The third-order valence-corrected chi connectivity index (χ3v) is 5.08. The Balaban J connectivity index is 1.54. The first kappa shape index (κ1) is 18.0. The van der Waals surface area contributed by atoms with E-state index in [1.54, 1.807) is 35.2 Å². The van der Waals surface area contributed by atoms with Gasteiger partial charge in [-0.25, -0.2) is 0 Å². The first-order chi connectivity index (χ1) is 13.6. The van der Waals surface area contributed by atoms with E-state index in [1.807, 2.05) is 49.4 Å². The standard InChI is InChI=1S/C22H21N3O3/c1-15-13-25(18-7-9-19(28-2)10-8-18)21(26)14-24(15)22(27)17-6-5-16-4-3-11-23-20(16)12-17/h3-12,15H,13-14H2,1-2H3/t15-/m0/s1. The molecule has 0 radical (unpaired) electrons. The summed E-state index contributed by atoms with van der Waals surface area (Å²) in [7, 11) is 1.61. The summed E-state index contributed by atoms with van der Waals surface area (Å²) in [5, 5.41) is 0.979. The Morgan fingerprint density at radius 2 is 1.93 bits per heavy atom. The molecule has 1 aromatic heterocycles. The third-order valence-electron chi connectivity index (χ3n) is 5.08. The first-order valence-corrected chi connectivity index (χ1v) is 9.17. The molecule has 0 bridgehead atoms. The van der Waals surface area contributed by atoms with E-state index in [9.17, 15) is 9.59 Å². The highest BCUT2D eigenvalue weighted by Crippen LogP contribution is 2.24. The molecule has 1 aliphatic rings. The predicted molar refractivity (Wildman–Crippen MR) is 108 cm³/mol. The number of methoxy groups -OCH3 is 1. The second-order valence-electron chi connectivity index (χ2n) is 6.90. The van der Waals surface area contributed by atoms with Gasteiger partial charge in [0.1, 0.15) is 12.3 Å². The fourth-order valence-electron chi connectivity index (χ4n) is 3.50. The van der Waals surface area contributed by atoms with Gasteiger partial charge in [0, 0.05) is 35.4 Å². The Hall–Kier alpha value is -3.41. The predicted octanol–water partition coefficient (Wildman–Crippen LogP) is 3.12. The molecule has 6 heteroatoms. The number of ether oxygens (including phenoxy) is 1. The summed E-state index contributed by atoms with van der Waals surface area (Å²) in [4.78, 5) is 33.4. The lowest BCUT2D eigenvalue weighted by Gasteiger charge is -2.39. The molecule has 0 unspecified atom stereocenters. The summed E-state index contributed by atoms with van der Waals surface area (Å²) in [6.07, 6.45) is 1.70. The highest BCUT2D eigenvalue weighted by atomic mass is 16.5. The summed E-state index contributed by atoms with van der Waals surface area (Å²) in [5.74, 6) is 0.487. The van der Waals surface area contributed by atoms with Gasteiger partial charge in [0.2, 0.25) is 5.91 Å². The number of rotatable bonds is 3. The number of pyridine rings is 1. The van der Waals surface area contributed by atoms with Crippen molar-refractivity contribution in [1.29, 1.82) is 0 Å². The van der Waals surface area contributed by atoms with Crippen LogP contribution in [0.5, 0.6) is 5.75 Å². The van der Waals surface area contributed by atoms with Crippen molar-refractivity contribution in [1.82, 2.24) is 9.88 Å². The summed E-state index contributed by atoms with van der Waals surface area (Å²) in [6, 6.07) is 16.5. The van der Waals surface area contributed by atoms with Crippen molar-refractivity contribution in [2.24, 2.45) is 0 Å². The molecule has 0 saturated carbocycles. The van der Waals surface area contributed by atoms with Crippen molar-refractivity contribution in [3.8, 4) is 5.75 Å². The molecule has 0 aliphatic carbocycles. The molecule has 2 aromatic carbocycles. The number of anilines is 1. The van der Waals surface area contributed by atoms with Crippen molar-refractivity contribution >= 4 is 28.4 Å². The van der Waals surface area contributed by atoms with Crippen LogP contribution in [0.3, 0.4) is 0 Å². The van der Waals surface area contributed by atoms with Crippen LogP contribution in [0.15, 0.2) is 60.8 Å². The van der Waals surface area contributed by atoms with Gasteiger partial charge < -0.3 is 14.5 Å². The van der Waals surface area contributed by atoms with Crippen LogP contribution in [0, 0.1) is 0 Å². The van der Waals surface area contributed by atoms with Gasteiger partial charge in [-0.1, -0.05) is 12.1 Å². The van der Waals surface area contributed by atoms with E-state index in [1.165, 1.54) is 0 Å². The SMILES string of the molecule is COc1ccc(N2C[C@H](C)N(C(=O)c3ccc4cccnc4c3)CC2=O)cc1. The molecule has 1 saturated heterocycles. The van der Waals surface area contributed by atoms with Crippen LogP contribution in [0.2, 0.25) is 0 Å². The molecule has 0 spiro atoms. The Morgan fingerprint density at radius 1 is 1.14 bits per heavy atom. The summed E-state index contributed by atoms with van der Waals surface area (Å²) < 4.78 is 5.17. The molecule has 28 heavy (non-hydrogen) atoms. The van der Waals surface area contributed by atoms with E-state index >= 15 is 0 Å². The number of fused-ring (bicyclic) bond motifs is 1. The van der Waals surface area contributed by atoms with Crippen LogP contribution in [0.1, 0.15) is 17.3 Å². The fraction of sp³-hybridized carbons (Fsp3) is 0.227. The van der Waals surface area contributed by atoms with Crippen molar-refractivity contribution < 1.29 is 14.3 Å². The molecule has 142 valence electrons. The van der Waals surface area contributed by atoms with E-state index in [4.69, 9.17) is 4.74 Å². The number of carbonyl (C=O) groups is 2.